The number of phenols is 1. The van der Waals surface area contributed by atoms with Crippen molar-refractivity contribution < 1.29 is 19.4 Å². The predicted octanol–water partition coefficient (Wildman–Crippen LogP) is 3.92. The fourth-order valence-corrected chi connectivity index (χ4v) is 2.34. The maximum absolute atomic E-state index is 12.3. The Hall–Kier alpha value is -2.75. The Morgan fingerprint density at radius 2 is 1.61 bits per heavy atom. The first-order valence-corrected chi connectivity index (χ1v) is 7.21. The fourth-order valence-electron chi connectivity index (χ4n) is 2.34. The predicted molar refractivity (Wildman–Crippen MR) is 90.5 cm³/mol. The second-order valence-electron chi connectivity index (χ2n) is 5.27. The van der Waals surface area contributed by atoms with Crippen LogP contribution < -0.4 is 9.47 Å². The smallest absolute Gasteiger partial charge is 0.185 e. The zero-order chi connectivity index (χ0) is 17.0. The van der Waals surface area contributed by atoms with Gasteiger partial charge in [0.1, 0.15) is 5.75 Å². The van der Waals surface area contributed by atoms with Crippen LogP contribution in [0.1, 0.15) is 27.0 Å². The van der Waals surface area contributed by atoms with Gasteiger partial charge in [-0.25, -0.2) is 0 Å². The van der Waals surface area contributed by atoms with Gasteiger partial charge < -0.3 is 14.6 Å². The van der Waals surface area contributed by atoms with Crippen molar-refractivity contribution in [2.24, 2.45) is 0 Å². The van der Waals surface area contributed by atoms with Crippen molar-refractivity contribution in [1.82, 2.24) is 0 Å². The summed E-state index contributed by atoms with van der Waals surface area (Å²) in [6.45, 7) is 3.66. The molecule has 0 radical (unpaired) electrons. The SMILES string of the molecule is COc1ccc(C(=O)/C=C/c2cc(C)c(O)c(C)c2)cc1OC. The summed E-state index contributed by atoms with van der Waals surface area (Å²) in [4.78, 5) is 12.3. The van der Waals surface area contributed by atoms with E-state index in [2.05, 4.69) is 0 Å². The Balaban J connectivity index is 2.25. The first kappa shape index (κ1) is 16.6. The van der Waals surface area contributed by atoms with Gasteiger partial charge in [-0.1, -0.05) is 6.08 Å². The van der Waals surface area contributed by atoms with Gasteiger partial charge in [-0.15, -0.1) is 0 Å². The fraction of sp³-hybridized carbons (Fsp3) is 0.211. The second kappa shape index (κ2) is 7.01. The Labute approximate surface area is 136 Å². The van der Waals surface area contributed by atoms with Gasteiger partial charge in [0, 0.05) is 5.56 Å². The molecule has 23 heavy (non-hydrogen) atoms. The molecular formula is C19H20O4. The molecule has 120 valence electrons. The highest BCUT2D eigenvalue weighted by molar-refractivity contribution is 6.07. The van der Waals surface area contributed by atoms with Gasteiger partial charge in [0.2, 0.25) is 0 Å². The lowest BCUT2D eigenvalue weighted by atomic mass is 10.0. The number of ether oxygens (including phenoxy) is 2. The molecule has 0 atom stereocenters. The summed E-state index contributed by atoms with van der Waals surface area (Å²) in [5.41, 5.74) is 2.95. The standard InChI is InChI=1S/C19H20O4/c1-12-9-14(10-13(2)19(12)21)5-7-16(20)15-6-8-17(22-3)18(11-15)23-4/h5-11,21H,1-4H3/b7-5+. The van der Waals surface area contributed by atoms with Crippen LogP contribution in [0.3, 0.4) is 0 Å². The lowest BCUT2D eigenvalue weighted by molar-refractivity contribution is 0.104. The van der Waals surface area contributed by atoms with Crippen LogP contribution in [0.15, 0.2) is 36.4 Å². The van der Waals surface area contributed by atoms with Gasteiger partial charge in [-0.05, 0) is 66.9 Å². The van der Waals surface area contributed by atoms with Crippen LogP contribution in [-0.2, 0) is 0 Å². The van der Waals surface area contributed by atoms with E-state index in [4.69, 9.17) is 9.47 Å². The number of phenolic OH excluding ortho intramolecular Hbond substituents is 1. The molecule has 4 heteroatoms. The van der Waals surface area contributed by atoms with Crippen molar-refractivity contribution in [3.63, 3.8) is 0 Å². The molecule has 0 saturated heterocycles. The number of rotatable bonds is 5. The Bertz CT molecular complexity index is 737. The molecular weight excluding hydrogens is 292 g/mol. The molecule has 2 aromatic carbocycles. The summed E-state index contributed by atoms with van der Waals surface area (Å²) < 4.78 is 10.4. The van der Waals surface area contributed by atoms with Crippen LogP contribution in [0, 0.1) is 13.8 Å². The molecule has 0 unspecified atom stereocenters. The molecule has 0 fully saturated rings. The number of allylic oxidation sites excluding steroid dienone is 1. The maximum atomic E-state index is 12.3. The topological polar surface area (TPSA) is 55.8 Å². The van der Waals surface area contributed by atoms with Crippen molar-refractivity contribution in [2.45, 2.75) is 13.8 Å². The van der Waals surface area contributed by atoms with Crippen LogP contribution in [-0.4, -0.2) is 25.1 Å². The van der Waals surface area contributed by atoms with Crippen LogP contribution in [0.4, 0.5) is 0 Å². The summed E-state index contributed by atoms with van der Waals surface area (Å²) in [7, 11) is 3.08. The van der Waals surface area contributed by atoms with E-state index in [0.29, 0.717) is 17.1 Å². The minimum absolute atomic E-state index is 0.130. The zero-order valence-electron chi connectivity index (χ0n) is 13.7. The molecule has 2 rings (SSSR count). The number of methoxy groups -OCH3 is 2. The molecule has 0 amide bonds. The van der Waals surface area contributed by atoms with Crippen LogP contribution in [0.5, 0.6) is 17.2 Å². The number of aryl methyl sites for hydroxylation is 2. The molecule has 0 aliphatic rings. The lowest BCUT2D eigenvalue weighted by Crippen LogP contribution is -1.97. The van der Waals surface area contributed by atoms with Gasteiger partial charge in [-0.2, -0.15) is 0 Å². The number of aromatic hydroxyl groups is 1. The van der Waals surface area contributed by atoms with Gasteiger partial charge in [0.15, 0.2) is 17.3 Å². The number of hydrogen-bond acceptors (Lipinski definition) is 4. The summed E-state index contributed by atoms with van der Waals surface area (Å²) in [6.07, 6.45) is 3.24. The molecule has 0 heterocycles. The Morgan fingerprint density at radius 3 is 2.17 bits per heavy atom. The van der Waals surface area contributed by atoms with Gasteiger partial charge in [0.25, 0.3) is 0 Å². The number of carbonyl (C=O) groups is 1. The van der Waals surface area contributed by atoms with E-state index >= 15 is 0 Å². The third-order valence-corrected chi connectivity index (χ3v) is 3.61. The molecule has 4 nitrogen and oxygen atoms in total. The number of carbonyl (C=O) groups excluding carboxylic acids is 1. The molecule has 2 aromatic rings. The lowest BCUT2D eigenvalue weighted by Gasteiger charge is -2.08. The minimum atomic E-state index is -0.130. The zero-order valence-corrected chi connectivity index (χ0v) is 13.7. The molecule has 0 saturated carbocycles. The summed E-state index contributed by atoms with van der Waals surface area (Å²) in [5, 5.41) is 9.78. The summed E-state index contributed by atoms with van der Waals surface area (Å²) in [6, 6.07) is 8.72. The van der Waals surface area contributed by atoms with Crippen LogP contribution >= 0.6 is 0 Å². The van der Waals surface area contributed by atoms with E-state index in [1.807, 2.05) is 26.0 Å². The van der Waals surface area contributed by atoms with Gasteiger partial charge in [0.05, 0.1) is 14.2 Å². The maximum Gasteiger partial charge on any atom is 0.185 e. The van der Waals surface area contributed by atoms with E-state index in [1.54, 1.807) is 31.4 Å². The van der Waals surface area contributed by atoms with E-state index in [0.717, 1.165) is 16.7 Å². The Kier molecular flexibility index (Phi) is 5.06. The normalized spacial score (nSPS) is 10.8. The van der Waals surface area contributed by atoms with Crippen molar-refractivity contribution in [3.05, 3.63) is 58.7 Å². The molecule has 0 aliphatic carbocycles. The average molecular weight is 312 g/mol. The molecule has 1 N–H and O–H groups in total. The van der Waals surface area contributed by atoms with Crippen molar-refractivity contribution in [2.75, 3.05) is 14.2 Å². The first-order valence-electron chi connectivity index (χ1n) is 7.21. The highest BCUT2D eigenvalue weighted by Crippen LogP contribution is 2.28. The molecule has 0 aliphatic heterocycles. The third kappa shape index (κ3) is 3.72. The monoisotopic (exact) mass is 312 g/mol. The molecule has 0 aromatic heterocycles. The van der Waals surface area contributed by atoms with Gasteiger partial charge in [-0.3, -0.25) is 4.79 Å². The Morgan fingerprint density at radius 1 is 1.00 bits per heavy atom. The average Bonchev–Trinajstić information content (AvgIpc) is 2.56. The van der Waals surface area contributed by atoms with Crippen molar-refractivity contribution in [3.8, 4) is 17.2 Å². The van der Waals surface area contributed by atoms with Crippen molar-refractivity contribution >= 4 is 11.9 Å². The second-order valence-corrected chi connectivity index (χ2v) is 5.27. The van der Waals surface area contributed by atoms with E-state index in [9.17, 15) is 9.90 Å². The van der Waals surface area contributed by atoms with E-state index in [-0.39, 0.29) is 11.5 Å². The quantitative estimate of drug-likeness (QED) is 0.671. The number of ketones is 1. The van der Waals surface area contributed by atoms with E-state index in [1.165, 1.54) is 13.2 Å². The highest BCUT2D eigenvalue weighted by atomic mass is 16.5. The number of hydrogen-bond donors (Lipinski definition) is 1. The van der Waals surface area contributed by atoms with Crippen LogP contribution in [0.25, 0.3) is 6.08 Å². The number of benzene rings is 2. The first-order chi connectivity index (χ1) is 11.0. The summed E-state index contributed by atoms with van der Waals surface area (Å²) >= 11 is 0. The van der Waals surface area contributed by atoms with E-state index < -0.39 is 0 Å². The third-order valence-electron chi connectivity index (χ3n) is 3.61. The molecule has 0 spiro atoms. The van der Waals surface area contributed by atoms with Gasteiger partial charge >= 0.3 is 0 Å². The summed E-state index contributed by atoms with van der Waals surface area (Å²) in [5.74, 6) is 1.25. The minimum Gasteiger partial charge on any atom is -0.507 e. The largest absolute Gasteiger partial charge is 0.507 e. The van der Waals surface area contributed by atoms with Crippen molar-refractivity contribution in [1.29, 1.82) is 0 Å². The van der Waals surface area contributed by atoms with Crippen LogP contribution in [0.2, 0.25) is 0 Å². The molecule has 0 bridgehead atoms. The highest BCUT2D eigenvalue weighted by Gasteiger charge is 2.09.